The van der Waals surface area contributed by atoms with E-state index in [2.05, 4.69) is 17.6 Å². The third kappa shape index (κ3) is 16.6. The SMILES string of the molecule is CCCCCCCCCCNC(=O)NCCOCC(=O)O. The number of carboxylic acids is 1. The fourth-order valence-electron chi connectivity index (χ4n) is 1.92. The van der Waals surface area contributed by atoms with Crippen molar-refractivity contribution in [3.05, 3.63) is 0 Å². The van der Waals surface area contributed by atoms with Crippen molar-refractivity contribution in [2.75, 3.05) is 26.3 Å². The van der Waals surface area contributed by atoms with Crippen LogP contribution >= 0.6 is 0 Å². The normalized spacial score (nSPS) is 10.3. The van der Waals surface area contributed by atoms with Gasteiger partial charge < -0.3 is 20.5 Å². The lowest BCUT2D eigenvalue weighted by Gasteiger charge is -2.07. The minimum absolute atomic E-state index is 0.206. The molecule has 0 aromatic heterocycles. The minimum Gasteiger partial charge on any atom is -0.480 e. The van der Waals surface area contributed by atoms with Gasteiger partial charge in [0.1, 0.15) is 6.61 Å². The number of aliphatic carboxylic acids is 1. The summed E-state index contributed by atoms with van der Waals surface area (Å²) in [6.45, 7) is 3.08. The number of rotatable bonds is 14. The van der Waals surface area contributed by atoms with Crippen LogP contribution in [0.5, 0.6) is 0 Å². The van der Waals surface area contributed by atoms with E-state index in [-0.39, 0.29) is 19.2 Å². The van der Waals surface area contributed by atoms with Crippen LogP contribution in [-0.4, -0.2) is 43.4 Å². The number of hydrogen-bond donors (Lipinski definition) is 3. The molecule has 6 heteroatoms. The van der Waals surface area contributed by atoms with E-state index >= 15 is 0 Å². The monoisotopic (exact) mass is 302 g/mol. The van der Waals surface area contributed by atoms with Gasteiger partial charge in [-0.05, 0) is 6.42 Å². The van der Waals surface area contributed by atoms with E-state index < -0.39 is 5.97 Å². The molecule has 0 atom stereocenters. The van der Waals surface area contributed by atoms with E-state index in [9.17, 15) is 9.59 Å². The average Bonchev–Trinajstić information content (AvgIpc) is 2.45. The van der Waals surface area contributed by atoms with Crippen LogP contribution in [0.3, 0.4) is 0 Å². The molecule has 0 heterocycles. The van der Waals surface area contributed by atoms with Crippen molar-refractivity contribution >= 4 is 12.0 Å². The number of carbonyl (C=O) groups is 2. The molecule has 0 aliphatic heterocycles. The molecule has 124 valence electrons. The number of ether oxygens (including phenoxy) is 1. The first-order chi connectivity index (χ1) is 10.2. The van der Waals surface area contributed by atoms with Crippen molar-refractivity contribution in [3.63, 3.8) is 0 Å². The number of unbranched alkanes of at least 4 members (excludes halogenated alkanes) is 7. The smallest absolute Gasteiger partial charge is 0.329 e. The van der Waals surface area contributed by atoms with Gasteiger partial charge in [0, 0.05) is 13.1 Å². The van der Waals surface area contributed by atoms with Gasteiger partial charge in [0.2, 0.25) is 0 Å². The highest BCUT2D eigenvalue weighted by atomic mass is 16.5. The lowest BCUT2D eigenvalue weighted by atomic mass is 10.1. The molecule has 3 N–H and O–H groups in total. The van der Waals surface area contributed by atoms with Crippen LogP contribution in [0.15, 0.2) is 0 Å². The molecule has 0 aromatic carbocycles. The highest BCUT2D eigenvalue weighted by molar-refractivity contribution is 5.73. The topological polar surface area (TPSA) is 87.7 Å². The van der Waals surface area contributed by atoms with Gasteiger partial charge in [0.25, 0.3) is 0 Å². The molecule has 0 rings (SSSR count). The molecule has 0 unspecified atom stereocenters. The van der Waals surface area contributed by atoms with Crippen molar-refractivity contribution in [1.29, 1.82) is 0 Å². The maximum Gasteiger partial charge on any atom is 0.329 e. The minimum atomic E-state index is -1.01. The Morgan fingerprint density at radius 2 is 1.48 bits per heavy atom. The highest BCUT2D eigenvalue weighted by Crippen LogP contribution is 2.07. The second-order valence-electron chi connectivity index (χ2n) is 5.10. The van der Waals surface area contributed by atoms with Crippen LogP contribution in [0.4, 0.5) is 4.79 Å². The lowest BCUT2D eigenvalue weighted by Crippen LogP contribution is -2.37. The molecule has 0 bridgehead atoms. The van der Waals surface area contributed by atoms with Crippen LogP contribution in [0.2, 0.25) is 0 Å². The Kier molecular flexibility index (Phi) is 14.2. The molecule has 21 heavy (non-hydrogen) atoms. The molecular weight excluding hydrogens is 272 g/mol. The molecule has 0 radical (unpaired) electrons. The van der Waals surface area contributed by atoms with Crippen molar-refractivity contribution in [2.45, 2.75) is 58.3 Å². The molecule has 0 aliphatic carbocycles. The van der Waals surface area contributed by atoms with Crippen molar-refractivity contribution in [2.24, 2.45) is 0 Å². The summed E-state index contributed by atoms with van der Waals surface area (Å²) in [5.41, 5.74) is 0. The van der Waals surface area contributed by atoms with Crippen LogP contribution in [-0.2, 0) is 9.53 Å². The third-order valence-electron chi connectivity index (χ3n) is 3.07. The summed E-state index contributed by atoms with van der Waals surface area (Å²) in [6.07, 6.45) is 9.92. The maximum absolute atomic E-state index is 11.4. The molecule has 0 saturated heterocycles. The zero-order chi connectivity index (χ0) is 15.8. The number of amides is 2. The molecule has 0 spiro atoms. The molecule has 0 aliphatic rings. The Morgan fingerprint density at radius 1 is 0.905 bits per heavy atom. The first-order valence-corrected chi connectivity index (χ1v) is 7.98. The summed E-state index contributed by atoms with van der Waals surface area (Å²) in [7, 11) is 0. The molecule has 0 fully saturated rings. The Hall–Kier alpha value is -1.30. The van der Waals surface area contributed by atoms with Gasteiger partial charge in [-0.3, -0.25) is 0 Å². The van der Waals surface area contributed by atoms with Gasteiger partial charge in [-0.1, -0.05) is 51.9 Å². The van der Waals surface area contributed by atoms with Crippen molar-refractivity contribution in [3.8, 4) is 0 Å². The molecule has 0 saturated carbocycles. The Morgan fingerprint density at radius 3 is 2.10 bits per heavy atom. The third-order valence-corrected chi connectivity index (χ3v) is 3.07. The van der Waals surface area contributed by atoms with Crippen molar-refractivity contribution < 1.29 is 19.4 Å². The van der Waals surface area contributed by atoms with Gasteiger partial charge >= 0.3 is 12.0 Å². The number of carboxylic acid groups (broad SMARTS) is 1. The van der Waals surface area contributed by atoms with Crippen LogP contribution < -0.4 is 10.6 Å². The van der Waals surface area contributed by atoms with Gasteiger partial charge in [0.05, 0.1) is 6.61 Å². The van der Waals surface area contributed by atoms with Crippen LogP contribution in [0, 0.1) is 0 Å². The largest absolute Gasteiger partial charge is 0.480 e. The number of hydrogen-bond acceptors (Lipinski definition) is 3. The first kappa shape index (κ1) is 19.7. The Bertz CT molecular complexity index is 272. The maximum atomic E-state index is 11.4. The first-order valence-electron chi connectivity index (χ1n) is 7.98. The molecular formula is C15H30N2O4. The summed E-state index contributed by atoms with van der Waals surface area (Å²) in [5, 5.41) is 13.7. The second kappa shape index (κ2) is 15.1. The van der Waals surface area contributed by atoms with Gasteiger partial charge in [0.15, 0.2) is 0 Å². The van der Waals surface area contributed by atoms with Crippen molar-refractivity contribution in [1.82, 2.24) is 10.6 Å². The summed E-state index contributed by atoms with van der Waals surface area (Å²) in [5.74, 6) is -1.01. The van der Waals surface area contributed by atoms with Crippen LogP contribution in [0.1, 0.15) is 58.3 Å². The van der Waals surface area contributed by atoms with E-state index in [0.717, 1.165) is 12.8 Å². The predicted octanol–water partition coefficient (Wildman–Crippen LogP) is 2.53. The van der Waals surface area contributed by atoms with Gasteiger partial charge in [-0.2, -0.15) is 0 Å². The van der Waals surface area contributed by atoms with Crippen LogP contribution in [0.25, 0.3) is 0 Å². The Labute approximate surface area is 127 Å². The standard InChI is InChI=1S/C15H30N2O4/c1-2-3-4-5-6-7-8-9-10-16-15(20)17-11-12-21-13-14(18)19/h2-13H2,1H3,(H,18,19)(H2,16,17,20). The summed E-state index contributed by atoms with van der Waals surface area (Å²) in [6, 6.07) is -0.225. The number of carbonyl (C=O) groups excluding carboxylic acids is 1. The fraction of sp³-hybridized carbons (Fsp3) is 0.867. The van der Waals surface area contributed by atoms with E-state index in [0.29, 0.717) is 13.1 Å². The zero-order valence-electron chi connectivity index (χ0n) is 13.2. The van der Waals surface area contributed by atoms with E-state index in [1.54, 1.807) is 0 Å². The highest BCUT2D eigenvalue weighted by Gasteiger charge is 2.00. The van der Waals surface area contributed by atoms with Gasteiger partial charge in [-0.15, -0.1) is 0 Å². The molecule has 0 aromatic rings. The zero-order valence-corrected chi connectivity index (χ0v) is 13.2. The Balaban J connectivity index is 3.17. The fourth-order valence-corrected chi connectivity index (χ4v) is 1.92. The van der Waals surface area contributed by atoms with E-state index in [4.69, 9.17) is 9.84 Å². The second-order valence-corrected chi connectivity index (χ2v) is 5.10. The quantitative estimate of drug-likeness (QED) is 0.430. The average molecular weight is 302 g/mol. The molecule has 2 amide bonds. The van der Waals surface area contributed by atoms with E-state index in [1.165, 1.54) is 38.5 Å². The number of urea groups is 1. The van der Waals surface area contributed by atoms with Gasteiger partial charge in [-0.25, -0.2) is 9.59 Å². The summed E-state index contributed by atoms with van der Waals surface area (Å²) >= 11 is 0. The van der Waals surface area contributed by atoms with E-state index in [1.807, 2.05) is 0 Å². The summed E-state index contributed by atoms with van der Waals surface area (Å²) in [4.78, 5) is 21.5. The molecule has 6 nitrogen and oxygen atoms in total. The summed E-state index contributed by atoms with van der Waals surface area (Å²) < 4.78 is 4.80. The predicted molar refractivity (Wildman–Crippen MR) is 82.5 cm³/mol. The number of nitrogens with one attached hydrogen (secondary N) is 2. The lowest BCUT2D eigenvalue weighted by molar-refractivity contribution is -0.142.